The van der Waals surface area contributed by atoms with Crippen molar-refractivity contribution in [1.29, 1.82) is 0 Å². The molecule has 3 saturated carbocycles. The van der Waals surface area contributed by atoms with Gasteiger partial charge in [-0.1, -0.05) is 6.07 Å². The summed E-state index contributed by atoms with van der Waals surface area (Å²) < 4.78 is 0. The molecule has 4 rings (SSSR count). The number of carboxylic acid groups (broad SMARTS) is 1. The molecule has 2 amide bonds. The summed E-state index contributed by atoms with van der Waals surface area (Å²) in [4.78, 5) is 35.5. The highest BCUT2D eigenvalue weighted by Crippen LogP contribution is 2.49. The van der Waals surface area contributed by atoms with Gasteiger partial charge in [0.2, 0.25) is 11.8 Å². The number of aliphatic carboxylic acids is 1. The molecule has 0 aromatic heterocycles. The molecule has 0 saturated heterocycles. The Labute approximate surface area is 140 Å². The molecule has 3 fully saturated rings. The number of fused-ring (bicyclic) bond motifs is 3. The smallest absolute Gasteiger partial charge is 0.307 e. The number of benzene rings is 1. The molecule has 1 aromatic carbocycles. The Hall–Kier alpha value is -2.37. The van der Waals surface area contributed by atoms with Crippen LogP contribution in [0, 0.1) is 23.7 Å². The van der Waals surface area contributed by atoms with Crippen molar-refractivity contribution >= 4 is 29.2 Å². The monoisotopic (exact) mass is 330 g/mol. The van der Waals surface area contributed by atoms with Gasteiger partial charge in [0.15, 0.2) is 0 Å². The van der Waals surface area contributed by atoms with E-state index in [2.05, 4.69) is 10.6 Å². The number of rotatable bonds is 4. The fourth-order valence-corrected chi connectivity index (χ4v) is 4.29. The molecule has 2 bridgehead atoms. The van der Waals surface area contributed by atoms with E-state index in [0.29, 0.717) is 11.4 Å². The van der Waals surface area contributed by atoms with Crippen molar-refractivity contribution in [3.63, 3.8) is 0 Å². The fourth-order valence-electron chi connectivity index (χ4n) is 4.29. The summed E-state index contributed by atoms with van der Waals surface area (Å²) in [6, 6.07) is 6.89. The van der Waals surface area contributed by atoms with Crippen molar-refractivity contribution in [2.24, 2.45) is 23.7 Å². The minimum Gasteiger partial charge on any atom is -0.481 e. The largest absolute Gasteiger partial charge is 0.481 e. The third kappa shape index (κ3) is 3.27. The second kappa shape index (κ2) is 6.63. The van der Waals surface area contributed by atoms with E-state index in [0.717, 1.165) is 25.7 Å². The third-order valence-electron chi connectivity index (χ3n) is 5.26. The van der Waals surface area contributed by atoms with E-state index in [1.807, 2.05) is 0 Å². The Morgan fingerprint density at radius 2 is 1.50 bits per heavy atom. The zero-order chi connectivity index (χ0) is 17.3. The van der Waals surface area contributed by atoms with Crippen molar-refractivity contribution in [1.82, 2.24) is 0 Å². The van der Waals surface area contributed by atoms with Gasteiger partial charge in [-0.2, -0.15) is 0 Å². The summed E-state index contributed by atoms with van der Waals surface area (Å²) in [5, 5.41) is 15.1. The summed E-state index contributed by atoms with van der Waals surface area (Å²) in [6.45, 7) is 1.42. The van der Waals surface area contributed by atoms with Crippen LogP contribution in [0.5, 0.6) is 0 Å². The van der Waals surface area contributed by atoms with Crippen molar-refractivity contribution in [3.8, 4) is 0 Å². The summed E-state index contributed by atoms with van der Waals surface area (Å²) in [5.41, 5.74) is 1.16. The number of carbonyl (C=O) groups excluding carboxylic acids is 2. The van der Waals surface area contributed by atoms with E-state index in [4.69, 9.17) is 0 Å². The normalized spacial score (nSPS) is 28.2. The maximum atomic E-state index is 12.7. The molecule has 0 unspecified atom stereocenters. The molecule has 3 aliphatic carbocycles. The van der Waals surface area contributed by atoms with Gasteiger partial charge in [-0.05, 0) is 55.7 Å². The van der Waals surface area contributed by atoms with Crippen LogP contribution in [0.3, 0.4) is 0 Å². The molecule has 3 N–H and O–H groups in total. The molecule has 3 aliphatic rings. The number of amides is 2. The fraction of sp³-hybridized carbons (Fsp3) is 0.500. The summed E-state index contributed by atoms with van der Waals surface area (Å²) in [5.74, 6) is -2.08. The van der Waals surface area contributed by atoms with E-state index in [1.165, 1.54) is 6.92 Å². The average Bonchev–Trinajstić information content (AvgIpc) is 2.54. The molecule has 0 radical (unpaired) electrons. The predicted octanol–water partition coefficient (Wildman–Crippen LogP) is 2.72. The predicted molar refractivity (Wildman–Crippen MR) is 89.4 cm³/mol. The number of nitrogens with one attached hydrogen (secondary N) is 2. The molecule has 0 spiro atoms. The van der Waals surface area contributed by atoms with Gasteiger partial charge in [0.05, 0.1) is 11.8 Å². The lowest BCUT2D eigenvalue weighted by Gasteiger charge is -2.45. The van der Waals surface area contributed by atoms with Crippen LogP contribution in [-0.2, 0) is 14.4 Å². The Morgan fingerprint density at radius 3 is 2.04 bits per heavy atom. The standard InChI is InChI=1S/C18H22N2O4/c1-10(21)19-13-3-2-4-14(9-13)20-17(22)15-11-5-7-12(8-6-11)16(15)18(23)24/h2-4,9,11-12,15-16H,5-8H2,1H3,(H,19,21)(H,20,22)(H,23,24)/t11?,12?,15-,16-/m0/s1. The van der Waals surface area contributed by atoms with Crippen LogP contribution in [0.1, 0.15) is 32.6 Å². The van der Waals surface area contributed by atoms with Gasteiger partial charge < -0.3 is 15.7 Å². The maximum Gasteiger partial charge on any atom is 0.307 e. The Kier molecular flexibility index (Phi) is 4.55. The van der Waals surface area contributed by atoms with Gasteiger partial charge in [-0.15, -0.1) is 0 Å². The minimum absolute atomic E-state index is 0.106. The lowest BCUT2D eigenvalue weighted by molar-refractivity contribution is -0.156. The number of hydrogen-bond donors (Lipinski definition) is 3. The molecule has 128 valence electrons. The van der Waals surface area contributed by atoms with Crippen LogP contribution in [0.25, 0.3) is 0 Å². The van der Waals surface area contributed by atoms with Crippen LogP contribution in [0.2, 0.25) is 0 Å². The van der Waals surface area contributed by atoms with E-state index in [-0.39, 0.29) is 23.7 Å². The number of hydrogen-bond acceptors (Lipinski definition) is 3. The zero-order valence-electron chi connectivity index (χ0n) is 13.6. The molecule has 6 nitrogen and oxygen atoms in total. The molecule has 0 heterocycles. The highest BCUT2D eigenvalue weighted by atomic mass is 16.4. The lowest BCUT2D eigenvalue weighted by atomic mass is 9.58. The number of anilines is 2. The number of carbonyl (C=O) groups is 3. The molecule has 1 aromatic rings. The Bertz CT molecular complexity index is 665. The Balaban J connectivity index is 1.76. The first-order chi connectivity index (χ1) is 11.5. The second-order valence-corrected chi connectivity index (χ2v) is 6.82. The first-order valence-electron chi connectivity index (χ1n) is 8.37. The molecule has 24 heavy (non-hydrogen) atoms. The van der Waals surface area contributed by atoms with E-state index in [9.17, 15) is 19.5 Å². The minimum atomic E-state index is -0.864. The van der Waals surface area contributed by atoms with Gasteiger partial charge >= 0.3 is 5.97 Å². The van der Waals surface area contributed by atoms with Crippen molar-refractivity contribution in [3.05, 3.63) is 24.3 Å². The highest BCUT2D eigenvalue weighted by molar-refractivity contribution is 5.96. The first-order valence-corrected chi connectivity index (χ1v) is 8.37. The first kappa shape index (κ1) is 16.5. The van der Waals surface area contributed by atoms with Gasteiger partial charge in [0, 0.05) is 18.3 Å². The summed E-state index contributed by atoms with van der Waals surface area (Å²) in [6.07, 6.45) is 3.67. The molecule has 2 atom stereocenters. The highest BCUT2D eigenvalue weighted by Gasteiger charge is 2.50. The zero-order valence-corrected chi connectivity index (χ0v) is 13.6. The molecule has 6 heteroatoms. The second-order valence-electron chi connectivity index (χ2n) is 6.82. The quantitative estimate of drug-likeness (QED) is 0.791. The van der Waals surface area contributed by atoms with Gasteiger partial charge in [-0.3, -0.25) is 14.4 Å². The summed E-state index contributed by atoms with van der Waals surface area (Å²) >= 11 is 0. The third-order valence-corrected chi connectivity index (χ3v) is 5.26. The lowest BCUT2D eigenvalue weighted by Crippen LogP contribution is -2.49. The molecular formula is C18H22N2O4. The van der Waals surface area contributed by atoms with Gasteiger partial charge in [-0.25, -0.2) is 0 Å². The van der Waals surface area contributed by atoms with Gasteiger partial charge in [0.1, 0.15) is 0 Å². The van der Waals surface area contributed by atoms with E-state index < -0.39 is 17.8 Å². The van der Waals surface area contributed by atoms with Crippen LogP contribution < -0.4 is 10.6 Å². The van der Waals surface area contributed by atoms with E-state index >= 15 is 0 Å². The van der Waals surface area contributed by atoms with Crippen LogP contribution in [0.4, 0.5) is 11.4 Å². The van der Waals surface area contributed by atoms with Crippen molar-refractivity contribution in [2.45, 2.75) is 32.6 Å². The molecule has 0 aliphatic heterocycles. The van der Waals surface area contributed by atoms with Crippen LogP contribution in [0.15, 0.2) is 24.3 Å². The van der Waals surface area contributed by atoms with Crippen molar-refractivity contribution in [2.75, 3.05) is 10.6 Å². The molecular weight excluding hydrogens is 308 g/mol. The Morgan fingerprint density at radius 1 is 0.958 bits per heavy atom. The van der Waals surface area contributed by atoms with Gasteiger partial charge in [0.25, 0.3) is 0 Å². The average molecular weight is 330 g/mol. The SMILES string of the molecule is CC(=O)Nc1cccc(NC(=O)[C@H]2C3CCC(CC3)[C@@H]2C(=O)O)c1. The van der Waals surface area contributed by atoms with Crippen molar-refractivity contribution < 1.29 is 19.5 Å². The summed E-state index contributed by atoms with van der Waals surface area (Å²) in [7, 11) is 0. The van der Waals surface area contributed by atoms with Crippen LogP contribution >= 0.6 is 0 Å². The maximum absolute atomic E-state index is 12.7. The van der Waals surface area contributed by atoms with Crippen LogP contribution in [-0.4, -0.2) is 22.9 Å². The topological polar surface area (TPSA) is 95.5 Å². The van der Waals surface area contributed by atoms with E-state index in [1.54, 1.807) is 24.3 Å². The number of carboxylic acids is 1.